The minimum Gasteiger partial charge on any atom is -0.462 e. The van der Waals surface area contributed by atoms with Crippen molar-refractivity contribution in [1.82, 2.24) is 0 Å². The molecule has 0 amide bonds. The summed E-state index contributed by atoms with van der Waals surface area (Å²) in [6, 6.07) is 0. The highest BCUT2D eigenvalue weighted by Gasteiger charge is 2.70. The highest BCUT2D eigenvalue weighted by molar-refractivity contribution is 5.92. The monoisotopic (exact) mass is 354 g/mol. The molecule has 6 atom stereocenters. The van der Waals surface area contributed by atoms with Crippen molar-refractivity contribution < 1.29 is 34.0 Å². The van der Waals surface area contributed by atoms with Crippen LogP contribution in [0.15, 0.2) is 11.1 Å². The van der Waals surface area contributed by atoms with Crippen molar-refractivity contribution in [3.8, 4) is 0 Å². The first-order chi connectivity index (χ1) is 11.5. The van der Waals surface area contributed by atoms with Crippen molar-refractivity contribution in [3.05, 3.63) is 11.1 Å². The van der Waals surface area contributed by atoms with Crippen LogP contribution in [0.1, 0.15) is 47.0 Å². The number of ether oxygens (including phenoxy) is 3. The van der Waals surface area contributed by atoms with Gasteiger partial charge in [-0.15, -0.1) is 0 Å². The fourth-order valence-electron chi connectivity index (χ4n) is 5.13. The van der Waals surface area contributed by atoms with Gasteiger partial charge >= 0.3 is 11.9 Å². The van der Waals surface area contributed by atoms with Gasteiger partial charge in [-0.05, 0) is 19.8 Å². The van der Waals surface area contributed by atoms with Crippen molar-refractivity contribution >= 4 is 11.9 Å². The van der Waals surface area contributed by atoms with E-state index < -0.39 is 28.9 Å². The molecule has 0 spiro atoms. The number of carbonyl (C=O) groups is 2. The summed E-state index contributed by atoms with van der Waals surface area (Å²) in [5.41, 5.74) is -1.52. The SMILES string of the molecule is CO[C@H]1C2=C(C)C(=O)O[C@]2(O)C[C@]2(O)CC[C@@H](OC(C)=O)[C@@H](C)[C@]12C. The van der Waals surface area contributed by atoms with E-state index in [9.17, 15) is 19.8 Å². The number of esters is 2. The van der Waals surface area contributed by atoms with Gasteiger partial charge in [-0.1, -0.05) is 13.8 Å². The van der Waals surface area contributed by atoms with Gasteiger partial charge in [0.15, 0.2) is 0 Å². The van der Waals surface area contributed by atoms with E-state index in [1.807, 2.05) is 13.8 Å². The van der Waals surface area contributed by atoms with Crippen LogP contribution >= 0.6 is 0 Å². The number of hydrogen-bond donors (Lipinski definition) is 2. The molecule has 0 radical (unpaired) electrons. The van der Waals surface area contributed by atoms with E-state index in [-0.39, 0.29) is 24.4 Å². The van der Waals surface area contributed by atoms with Gasteiger partial charge in [-0.25, -0.2) is 4.79 Å². The van der Waals surface area contributed by atoms with Gasteiger partial charge in [0.2, 0.25) is 5.79 Å². The normalized spacial score (nSPS) is 46.4. The van der Waals surface area contributed by atoms with Gasteiger partial charge in [-0.3, -0.25) is 4.79 Å². The van der Waals surface area contributed by atoms with Crippen LogP contribution in [0.3, 0.4) is 0 Å². The van der Waals surface area contributed by atoms with Gasteiger partial charge in [-0.2, -0.15) is 0 Å². The summed E-state index contributed by atoms with van der Waals surface area (Å²) in [7, 11) is 1.48. The second kappa shape index (κ2) is 5.53. The van der Waals surface area contributed by atoms with E-state index in [0.29, 0.717) is 24.0 Å². The minimum atomic E-state index is -1.86. The van der Waals surface area contributed by atoms with Crippen molar-refractivity contribution in [2.45, 2.75) is 70.6 Å². The number of rotatable bonds is 2. The lowest BCUT2D eigenvalue weighted by molar-refractivity contribution is -0.286. The molecule has 2 fully saturated rings. The van der Waals surface area contributed by atoms with Crippen LogP contribution in [0, 0.1) is 11.3 Å². The number of methoxy groups -OCH3 is 1. The van der Waals surface area contributed by atoms with Crippen LogP contribution in [0.5, 0.6) is 0 Å². The molecule has 3 aliphatic rings. The van der Waals surface area contributed by atoms with Crippen LogP contribution < -0.4 is 0 Å². The number of fused-ring (bicyclic) bond motifs is 2. The van der Waals surface area contributed by atoms with E-state index in [2.05, 4.69) is 0 Å². The van der Waals surface area contributed by atoms with E-state index in [1.54, 1.807) is 6.92 Å². The maximum atomic E-state index is 12.1. The molecular formula is C18H26O7. The maximum absolute atomic E-state index is 12.1. The first kappa shape index (κ1) is 18.4. The zero-order valence-corrected chi connectivity index (χ0v) is 15.3. The van der Waals surface area contributed by atoms with Crippen molar-refractivity contribution in [3.63, 3.8) is 0 Å². The Bertz CT molecular complexity index is 656. The molecule has 1 aliphatic heterocycles. The second-order valence-electron chi connectivity index (χ2n) is 7.79. The third-order valence-corrected chi connectivity index (χ3v) is 6.63. The molecular weight excluding hydrogens is 328 g/mol. The van der Waals surface area contributed by atoms with Crippen molar-refractivity contribution in [2.75, 3.05) is 7.11 Å². The molecule has 2 N–H and O–H groups in total. The molecule has 0 saturated heterocycles. The summed E-state index contributed by atoms with van der Waals surface area (Å²) in [6.07, 6.45) is -0.462. The summed E-state index contributed by atoms with van der Waals surface area (Å²) in [4.78, 5) is 23.5. The summed E-state index contributed by atoms with van der Waals surface area (Å²) in [5.74, 6) is -3.08. The Morgan fingerprint density at radius 3 is 2.56 bits per heavy atom. The topological polar surface area (TPSA) is 102 Å². The smallest absolute Gasteiger partial charge is 0.336 e. The number of carbonyl (C=O) groups excluding carboxylic acids is 2. The van der Waals surface area contributed by atoms with Crippen LogP contribution in [-0.2, 0) is 23.8 Å². The largest absolute Gasteiger partial charge is 0.462 e. The summed E-state index contributed by atoms with van der Waals surface area (Å²) < 4.78 is 16.4. The zero-order valence-electron chi connectivity index (χ0n) is 15.3. The zero-order chi connectivity index (χ0) is 18.8. The Labute approximate surface area is 146 Å². The molecule has 25 heavy (non-hydrogen) atoms. The summed E-state index contributed by atoms with van der Waals surface area (Å²) >= 11 is 0. The Balaban J connectivity index is 2.12. The van der Waals surface area contributed by atoms with Gasteiger partial charge in [0, 0.05) is 42.9 Å². The summed E-state index contributed by atoms with van der Waals surface area (Å²) in [5, 5.41) is 22.4. The molecule has 140 valence electrons. The van der Waals surface area contributed by atoms with E-state index in [0.717, 1.165) is 0 Å². The Morgan fingerprint density at radius 1 is 1.36 bits per heavy atom. The molecule has 0 unspecified atom stereocenters. The van der Waals surface area contributed by atoms with E-state index >= 15 is 0 Å². The molecule has 0 bridgehead atoms. The second-order valence-corrected chi connectivity index (χ2v) is 7.79. The molecule has 0 aromatic rings. The molecule has 1 heterocycles. The lowest BCUT2D eigenvalue weighted by Crippen LogP contribution is -2.70. The minimum absolute atomic E-state index is 0.119. The molecule has 2 saturated carbocycles. The van der Waals surface area contributed by atoms with E-state index in [4.69, 9.17) is 14.2 Å². The lowest BCUT2D eigenvalue weighted by Gasteiger charge is -2.62. The molecule has 2 aliphatic carbocycles. The number of aliphatic hydroxyl groups is 2. The first-order valence-corrected chi connectivity index (χ1v) is 8.59. The van der Waals surface area contributed by atoms with Crippen LogP contribution in [-0.4, -0.2) is 52.9 Å². The van der Waals surface area contributed by atoms with Crippen molar-refractivity contribution in [1.29, 1.82) is 0 Å². The highest BCUT2D eigenvalue weighted by atomic mass is 16.7. The standard InChI is InChI=1S/C18H26O7/c1-9-13-14(23-5)16(4)10(2)12(24-11(3)19)6-7-17(16,21)8-18(13,22)25-15(9)20/h10,12,14,21-22H,6-8H2,1-5H3/t10-,12-,14+,16-,17-,18-/m1/s1. The summed E-state index contributed by atoms with van der Waals surface area (Å²) in [6.45, 7) is 6.72. The third-order valence-electron chi connectivity index (χ3n) is 6.63. The molecule has 7 nitrogen and oxygen atoms in total. The van der Waals surface area contributed by atoms with Gasteiger partial charge < -0.3 is 24.4 Å². The average Bonchev–Trinajstić information content (AvgIpc) is 2.72. The van der Waals surface area contributed by atoms with Crippen molar-refractivity contribution in [2.24, 2.45) is 11.3 Å². The van der Waals surface area contributed by atoms with Crippen LogP contribution in [0.2, 0.25) is 0 Å². The quantitative estimate of drug-likeness (QED) is 0.715. The van der Waals surface area contributed by atoms with Gasteiger partial charge in [0.05, 0.1) is 11.7 Å². The Hall–Kier alpha value is -1.44. The van der Waals surface area contributed by atoms with Gasteiger partial charge in [0.25, 0.3) is 0 Å². The molecule has 0 aromatic carbocycles. The lowest BCUT2D eigenvalue weighted by atomic mass is 9.49. The Kier molecular flexibility index (Phi) is 4.06. The first-order valence-electron chi connectivity index (χ1n) is 8.59. The fraction of sp³-hybridized carbons (Fsp3) is 0.778. The predicted molar refractivity (Wildman–Crippen MR) is 86.2 cm³/mol. The van der Waals surface area contributed by atoms with Crippen LogP contribution in [0.4, 0.5) is 0 Å². The highest BCUT2D eigenvalue weighted by Crippen LogP contribution is 2.62. The van der Waals surface area contributed by atoms with E-state index in [1.165, 1.54) is 14.0 Å². The van der Waals surface area contributed by atoms with Gasteiger partial charge in [0.1, 0.15) is 6.10 Å². The Morgan fingerprint density at radius 2 is 2.00 bits per heavy atom. The number of hydrogen-bond acceptors (Lipinski definition) is 7. The average molecular weight is 354 g/mol. The third kappa shape index (κ3) is 2.29. The van der Waals surface area contributed by atoms with Crippen LogP contribution in [0.25, 0.3) is 0 Å². The predicted octanol–water partition coefficient (Wildman–Crippen LogP) is 1.07. The molecule has 7 heteroatoms. The fourth-order valence-corrected chi connectivity index (χ4v) is 5.13. The maximum Gasteiger partial charge on any atom is 0.336 e. The molecule has 3 rings (SSSR count). The molecule has 0 aromatic heterocycles.